The van der Waals surface area contributed by atoms with Gasteiger partial charge >= 0.3 is 0 Å². The van der Waals surface area contributed by atoms with Gasteiger partial charge in [0.15, 0.2) is 0 Å². The molecule has 1 unspecified atom stereocenters. The fourth-order valence-corrected chi connectivity index (χ4v) is 6.02. The van der Waals surface area contributed by atoms with Crippen LogP contribution in [-0.4, -0.2) is 53.3 Å². The molecular formula is C28H23BrN8O2. The van der Waals surface area contributed by atoms with Crippen LogP contribution in [0.4, 0.5) is 11.6 Å². The molecule has 1 aromatic carbocycles. The number of nitrogens with two attached hydrogens (primary N) is 1. The summed E-state index contributed by atoms with van der Waals surface area (Å²) in [6, 6.07) is 18.5. The summed E-state index contributed by atoms with van der Waals surface area (Å²) in [6.45, 7) is 0.00491. The van der Waals surface area contributed by atoms with Gasteiger partial charge in [-0.25, -0.2) is 19.9 Å². The van der Waals surface area contributed by atoms with Gasteiger partial charge in [0.2, 0.25) is 11.8 Å². The number of piperidine rings is 1. The summed E-state index contributed by atoms with van der Waals surface area (Å²) in [6.07, 6.45) is 2.94. The van der Waals surface area contributed by atoms with Gasteiger partial charge in [0.1, 0.15) is 46.3 Å². The van der Waals surface area contributed by atoms with Gasteiger partial charge in [0.05, 0.1) is 16.6 Å². The van der Waals surface area contributed by atoms with E-state index in [1.807, 2.05) is 47.0 Å². The van der Waals surface area contributed by atoms with Crippen molar-refractivity contribution < 1.29 is 9.59 Å². The number of likely N-dealkylation sites (tertiary alicyclic amines) is 1. The fraction of sp³-hybridized carbons (Fsp3) is 0.214. The van der Waals surface area contributed by atoms with E-state index in [0.29, 0.717) is 45.1 Å². The molecular weight excluding hydrogens is 560 g/mol. The Labute approximate surface area is 231 Å². The number of hydrogen-bond donors (Lipinski definition) is 2. The van der Waals surface area contributed by atoms with E-state index >= 15 is 0 Å². The van der Waals surface area contributed by atoms with Crippen molar-refractivity contribution in [1.82, 2.24) is 29.4 Å². The summed E-state index contributed by atoms with van der Waals surface area (Å²) in [5.41, 5.74) is 9.95. The van der Waals surface area contributed by atoms with Crippen molar-refractivity contribution in [3.63, 3.8) is 0 Å². The molecule has 3 atom stereocenters. The highest BCUT2D eigenvalue weighted by molar-refractivity contribution is 9.10. The van der Waals surface area contributed by atoms with Crippen LogP contribution in [0.1, 0.15) is 12.8 Å². The van der Waals surface area contributed by atoms with Crippen LogP contribution in [0.25, 0.3) is 33.3 Å². The molecule has 2 aliphatic rings. The number of rotatable bonds is 5. The quantitative estimate of drug-likeness (QED) is 0.299. The molecule has 2 amide bonds. The monoisotopic (exact) mass is 582 g/mol. The highest BCUT2D eigenvalue weighted by atomic mass is 79.9. The lowest BCUT2D eigenvalue weighted by atomic mass is 10.1. The molecule has 1 saturated heterocycles. The summed E-state index contributed by atoms with van der Waals surface area (Å²) < 4.78 is 2.45. The second-order valence-corrected chi connectivity index (χ2v) is 10.7. The van der Waals surface area contributed by atoms with Crippen LogP contribution in [0.15, 0.2) is 71.6 Å². The molecule has 11 heteroatoms. The molecule has 1 saturated carbocycles. The first-order chi connectivity index (χ1) is 19.0. The molecule has 5 heterocycles. The maximum absolute atomic E-state index is 13.8. The predicted molar refractivity (Wildman–Crippen MR) is 150 cm³/mol. The number of nitrogens with one attached hydrogen (secondary N) is 1. The largest absolute Gasteiger partial charge is 0.383 e. The minimum absolute atomic E-state index is 0.00491. The zero-order chi connectivity index (χ0) is 26.7. The zero-order valence-electron chi connectivity index (χ0n) is 20.7. The van der Waals surface area contributed by atoms with Gasteiger partial charge in [-0.15, -0.1) is 0 Å². The Balaban J connectivity index is 1.23. The lowest BCUT2D eigenvalue weighted by Crippen LogP contribution is -2.46. The normalized spacial score (nSPS) is 19.8. The molecule has 1 aliphatic heterocycles. The average Bonchev–Trinajstić information content (AvgIpc) is 3.48. The maximum atomic E-state index is 13.8. The average molecular weight is 583 g/mol. The first kappa shape index (κ1) is 23.7. The summed E-state index contributed by atoms with van der Waals surface area (Å²) >= 11 is 3.33. The van der Waals surface area contributed by atoms with Crippen LogP contribution < -0.4 is 11.1 Å². The number of hydrogen-bond acceptors (Lipinski definition) is 7. The number of nitrogen functional groups attached to an aromatic ring is 1. The van der Waals surface area contributed by atoms with Gasteiger partial charge in [-0.05, 0) is 59.0 Å². The first-order valence-corrected chi connectivity index (χ1v) is 13.5. The van der Waals surface area contributed by atoms with E-state index in [2.05, 4.69) is 36.2 Å². The lowest BCUT2D eigenvalue weighted by molar-refractivity contribution is -0.138. The van der Waals surface area contributed by atoms with Crippen molar-refractivity contribution in [3.05, 3.63) is 71.6 Å². The molecule has 1 aliphatic carbocycles. The van der Waals surface area contributed by atoms with Gasteiger partial charge in [-0.1, -0.05) is 36.4 Å². The predicted octanol–water partition coefficient (Wildman–Crippen LogP) is 4.01. The number of carbonyl (C=O) groups excluding carboxylic acids is 2. The Hall–Kier alpha value is -4.38. The van der Waals surface area contributed by atoms with Crippen LogP contribution in [0.2, 0.25) is 0 Å². The molecule has 7 rings (SSSR count). The Kier molecular flexibility index (Phi) is 5.55. The van der Waals surface area contributed by atoms with Crippen LogP contribution in [0.3, 0.4) is 0 Å². The van der Waals surface area contributed by atoms with Crippen molar-refractivity contribution >= 4 is 61.4 Å². The van der Waals surface area contributed by atoms with Crippen molar-refractivity contribution in [1.29, 1.82) is 0 Å². The number of aromatic nitrogens is 5. The van der Waals surface area contributed by atoms with Crippen LogP contribution in [-0.2, 0) is 16.1 Å². The third-order valence-electron chi connectivity index (χ3n) is 7.54. The van der Waals surface area contributed by atoms with Gasteiger partial charge < -0.3 is 20.5 Å². The Morgan fingerprint density at radius 3 is 2.67 bits per heavy atom. The number of amides is 2. The number of anilines is 2. The lowest BCUT2D eigenvalue weighted by Gasteiger charge is -2.27. The standard InChI is InChI=1S/C28H23BrN8O2/c29-21-7-4-8-22(34-21)35-28(39)20-12-16-11-19(16)37(20)23(38)13-36-18-10-9-17(15-5-2-1-3-6-15)33-25(18)24-26(30)31-14-32-27(24)36/h1-10,14,16,19-20H,11-13H2,(H2,30,31,32)(H,34,35,39)/t16?,19-,20+/m1/s1. The van der Waals surface area contributed by atoms with Gasteiger partial charge in [-0.3, -0.25) is 9.59 Å². The third kappa shape index (κ3) is 4.09. The number of halogens is 1. The van der Waals surface area contributed by atoms with E-state index in [1.54, 1.807) is 23.1 Å². The smallest absolute Gasteiger partial charge is 0.248 e. The van der Waals surface area contributed by atoms with E-state index in [0.717, 1.165) is 23.2 Å². The highest BCUT2D eigenvalue weighted by Gasteiger charge is 2.56. The highest BCUT2D eigenvalue weighted by Crippen LogP contribution is 2.48. The SMILES string of the molecule is Nc1ncnc2c1c1nc(-c3ccccc3)ccc1n2CC(=O)N1[C@@H]2CC2C[C@H]1C(=O)Nc1cccc(Br)n1. The van der Waals surface area contributed by atoms with Crippen LogP contribution in [0.5, 0.6) is 0 Å². The van der Waals surface area contributed by atoms with Crippen molar-refractivity contribution in [2.45, 2.75) is 31.5 Å². The number of nitrogens with zero attached hydrogens (tertiary/aromatic N) is 6. The molecule has 3 N–H and O–H groups in total. The van der Waals surface area contributed by atoms with E-state index in [9.17, 15) is 9.59 Å². The van der Waals surface area contributed by atoms with Crippen LogP contribution >= 0.6 is 15.9 Å². The van der Waals surface area contributed by atoms with Crippen LogP contribution in [0, 0.1) is 5.92 Å². The van der Waals surface area contributed by atoms with Gasteiger partial charge in [0.25, 0.3) is 0 Å². The number of benzene rings is 1. The summed E-state index contributed by atoms with van der Waals surface area (Å²) in [4.78, 5) is 46.7. The summed E-state index contributed by atoms with van der Waals surface area (Å²) in [7, 11) is 0. The molecule has 5 aromatic rings. The minimum Gasteiger partial charge on any atom is -0.383 e. The number of carbonyl (C=O) groups is 2. The topological polar surface area (TPSA) is 132 Å². The first-order valence-electron chi connectivity index (χ1n) is 12.7. The molecule has 0 spiro atoms. The van der Waals surface area contributed by atoms with Crippen molar-refractivity contribution in [2.75, 3.05) is 11.1 Å². The van der Waals surface area contributed by atoms with E-state index < -0.39 is 6.04 Å². The number of fused-ring (bicyclic) bond motifs is 4. The molecule has 39 heavy (non-hydrogen) atoms. The van der Waals surface area contributed by atoms with Gasteiger partial charge in [0, 0.05) is 11.6 Å². The van der Waals surface area contributed by atoms with E-state index in [1.165, 1.54) is 6.33 Å². The molecule has 4 aromatic heterocycles. The molecule has 194 valence electrons. The van der Waals surface area contributed by atoms with Crippen molar-refractivity contribution in [2.24, 2.45) is 5.92 Å². The van der Waals surface area contributed by atoms with Gasteiger partial charge in [-0.2, -0.15) is 0 Å². The second kappa shape index (κ2) is 9.12. The fourth-order valence-electron chi connectivity index (χ4n) is 5.67. The Morgan fingerprint density at radius 2 is 1.85 bits per heavy atom. The molecule has 0 bridgehead atoms. The van der Waals surface area contributed by atoms with E-state index in [4.69, 9.17) is 10.7 Å². The minimum atomic E-state index is -0.558. The molecule has 2 fully saturated rings. The number of pyridine rings is 2. The van der Waals surface area contributed by atoms with Crippen molar-refractivity contribution in [3.8, 4) is 11.3 Å². The Bertz CT molecular complexity index is 1770. The molecule has 0 radical (unpaired) electrons. The molecule has 10 nitrogen and oxygen atoms in total. The third-order valence-corrected chi connectivity index (χ3v) is 7.98. The van der Waals surface area contributed by atoms with E-state index in [-0.39, 0.29) is 24.4 Å². The summed E-state index contributed by atoms with van der Waals surface area (Å²) in [5, 5.41) is 3.48. The Morgan fingerprint density at radius 1 is 1.00 bits per heavy atom. The second-order valence-electron chi connectivity index (χ2n) is 9.92. The zero-order valence-corrected chi connectivity index (χ0v) is 22.2. The summed E-state index contributed by atoms with van der Waals surface area (Å²) in [5.74, 6) is 0.703. The maximum Gasteiger partial charge on any atom is 0.248 e.